The third-order valence-electron chi connectivity index (χ3n) is 2.86. The first-order chi connectivity index (χ1) is 9.70. The van der Waals surface area contributed by atoms with Crippen LogP contribution in [0.15, 0.2) is 33.7 Å². The zero-order valence-electron chi connectivity index (χ0n) is 11.4. The van der Waals surface area contributed by atoms with Gasteiger partial charge in [-0.05, 0) is 18.5 Å². The molecule has 6 nitrogen and oxygen atoms in total. The second kappa shape index (κ2) is 5.56. The van der Waals surface area contributed by atoms with E-state index in [9.17, 15) is 0 Å². The lowest BCUT2D eigenvalue weighted by Crippen LogP contribution is -2.17. The number of hydrogen-bond donors (Lipinski definition) is 0. The van der Waals surface area contributed by atoms with Crippen LogP contribution in [0.2, 0.25) is 0 Å². The second-order valence-electron chi connectivity index (χ2n) is 4.72. The summed E-state index contributed by atoms with van der Waals surface area (Å²) in [6, 6.07) is 1.98. The Kier molecular flexibility index (Phi) is 3.62. The van der Waals surface area contributed by atoms with E-state index in [0.717, 1.165) is 17.7 Å². The number of thiophene rings is 1. The first-order valence-corrected chi connectivity index (χ1v) is 7.16. The number of rotatable bonds is 5. The van der Waals surface area contributed by atoms with Crippen molar-refractivity contribution in [3.05, 3.63) is 40.7 Å². The van der Waals surface area contributed by atoms with Gasteiger partial charge >= 0.3 is 0 Å². The molecule has 0 amide bonds. The average molecular weight is 289 g/mol. The van der Waals surface area contributed by atoms with Gasteiger partial charge in [0.05, 0.1) is 12.7 Å². The van der Waals surface area contributed by atoms with E-state index in [1.807, 2.05) is 43.3 Å². The van der Waals surface area contributed by atoms with E-state index in [1.165, 1.54) is 0 Å². The van der Waals surface area contributed by atoms with Crippen molar-refractivity contribution in [3.63, 3.8) is 0 Å². The highest BCUT2D eigenvalue weighted by atomic mass is 32.1. The highest BCUT2D eigenvalue weighted by Gasteiger charge is 2.11. The summed E-state index contributed by atoms with van der Waals surface area (Å²) in [7, 11) is 3.93. The number of aromatic nitrogens is 4. The molecule has 0 aromatic carbocycles. The maximum absolute atomic E-state index is 5.28. The Morgan fingerprint density at radius 1 is 1.40 bits per heavy atom. The molecule has 0 N–H and O–H groups in total. The van der Waals surface area contributed by atoms with E-state index in [4.69, 9.17) is 4.52 Å². The molecule has 0 atom stereocenters. The fraction of sp³-hybridized carbons (Fsp3) is 0.308. The van der Waals surface area contributed by atoms with Gasteiger partial charge in [0.1, 0.15) is 0 Å². The zero-order chi connectivity index (χ0) is 13.9. The molecule has 0 unspecified atom stereocenters. The van der Waals surface area contributed by atoms with E-state index in [0.29, 0.717) is 18.3 Å². The zero-order valence-corrected chi connectivity index (χ0v) is 12.2. The van der Waals surface area contributed by atoms with Crippen molar-refractivity contribution in [1.29, 1.82) is 0 Å². The van der Waals surface area contributed by atoms with Crippen LogP contribution in [0.25, 0.3) is 11.4 Å². The van der Waals surface area contributed by atoms with Crippen LogP contribution in [0.3, 0.4) is 0 Å². The van der Waals surface area contributed by atoms with Crippen LogP contribution in [0.4, 0.5) is 0 Å². The quantitative estimate of drug-likeness (QED) is 0.720. The van der Waals surface area contributed by atoms with E-state index in [1.54, 1.807) is 16.0 Å². The fourth-order valence-electron chi connectivity index (χ4n) is 1.98. The molecule has 0 aliphatic rings. The van der Waals surface area contributed by atoms with Gasteiger partial charge in [-0.15, -0.1) is 0 Å². The number of nitrogens with zero attached hydrogens (tertiary/aromatic N) is 5. The smallest absolute Gasteiger partial charge is 0.241 e. The molecule has 3 rings (SSSR count). The van der Waals surface area contributed by atoms with Crippen molar-refractivity contribution in [1.82, 2.24) is 24.8 Å². The maximum atomic E-state index is 5.28. The number of hydrogen-bond acceptors (Lipinski definition) is 6. The molecule has 0 bridgehead atoms. The van der Waals surface area contributed by atoms with Crippen LogP contribution in [0, 0.1) is 0 Å². The lowest BCUT2D eigenvalue weighted by atomic mass is 10.3. The number of aryl methyl sites for hydroxylation is 1. The van der Waals surface area contributed by atoms with Gasteiger partial charge in [0.25, 0.3) is 0 Å². The minimum atomic E-state index is 0.617. The normalized spacial score (nSPS) is 11.3. The third kappa shape index (κ3) is 2.94. The minimum Gasteiger partial charge on any atom is -0.338 e. The summed E-state index contributed by atoms with van der Waals surface area (Å²) in [5.41, 5.74) is 2.16. The van der Waals surface area contributed by atoms with Crippen molar-refractivity contribution < 1.29 is 4.52 Å². The summed E-state index contributed by atoms with van der Waals surface area (Å²) >= 11 is 1.62. The van der Waals surface area contributed by atoms with Crippen LogP contribution >= 0.6 is 11.3 Å². The first kappa shape index (κ1) is 13.0. The van der Waals surface area contributed by atoms with Crippen molar-refractivity contribution in [2.75, 3.05) is 7.05 Å². The molecular weight excluding hydrogens is 274 g/mol. The van der Waals surface area contributed by atoms with E-state index >= 15 is 0 Å². The molecule has 104 valence electrons. The van der Waals surface area contributed by atoms with Crippen LogP contribution in [-0.4, -0.2) is 31.9 Å². The highest BCUT2D eigenvalue weighted by molar-refractivity contribution is 7.08. The van der Waals surface area contributed by atoms with Crippen molar-refractivity contribution in [3.8, 4) is 11.4 Å². The lowest BCUT2D eigenvalue weighted by Gasteiger charge is -2.12. The molecule has 20 heavy (non-hydrogen) atoms. The van der Waals surface area contributed by atoms with Crippen molar-refractivity contribution >= 4 is 11.3 Å². The summed E-state index contributed by atoms with van der Waals surface area (Å²) in [5, 5.41) is 12.2. The van der Waals surface area contributed by atoms with E-state index < -0.39 is 0 Å². The third-order valence-corrected chi connectivity index (χ3v) is 3.55. The Balaban J connectivity index is 1.63. The van der Waals surface area contributed by atoms with E-state index in [-0.39, 0.29) is 0 Å². The first-order valence-electron chi connectivity index (χ1n) is 6.22. The largest absolute Gasteiger partial charge is 0.338 e. The van der Waals surface area contributed by atoms with Crippen molar-refractivity contribution in [2.24, 2.45) is 7.05 Å². The van der Waals surface area contributed by atoms with E-state index in [2.05, 4.69) is 20.1 Å². The van der Waals surface area contributed by atoms with Crippen molar-refractivity contribution in [2.45, 2.75) is 13.1 Å². The summed E-state index contributed by atoms with van der Waals surface area (Å²) in [4.78, 5) is 6.52. The van der Waals surface area contributed by atoms with Gasteiger partial charge in [0.2, 0.25) is 11.7 Å². The molecule has 0 aliphatic carbocycles. The topological polar surface area (TPSA) is 60.0 Å². The summed E-state index contributed by atoms with van der Waals surface area (Å²) in [6.45, 7) is 1.41. The van der Waals surface area contributed by atoms with Crippen LogP contribution in [0.5, 0.6) is 0 Å². The standard InChI is InChI=1S/C13H15N5OS/c1-17(6-10-5-14-18(2)7-10)8-12-15-13(16-19-12)11-3-4-20-9-11/h3-5,7,9H,6,8H2,1-2H3. The van der Waals surface area contributed by atoms with Gasteiger partial charge in [-0.3, -0.25) is 9.58 Å². The van der Waals surface area contributed by atoms with Gasteiger partial charge in [-0.1, -0.05) is 5.16 Å². The maximum Gasteiger partial charge on any atom is 0.241 e. The Bertz CT molecular complexity index is 673. The summed E-state index contributed by atoms with van der Waals surface area (Å²) < 4.78 is 7.08. The monoisotopic (exact) mass is 289 g/mol. The molecule has 0 saturated heterocycles. The fourth-order valence-corrected chi connectivity index (χ4v) is 2.61. The van der Waals surface area contributed by atoms with Crippen LogP contribution < -0.4 is 0 Å². The molecule has 0 aliphatic heterocycles. The van der Waals surface area contributed by atoms with Crippen LogP contribution in [-0.2, 0) is 20.1 Å². The predicted octanol–water partition coefficient (Wildman–Crippen LogP) is 2.16. The van der Waals surface area contributed by atoms with Gasteiger partial charge in [-0.25, -0.2) is 0 Å². The Hall–Kier alpha value is -1.99. The summed E-state index contributed by atoms with van der Waals surface area (Å²) in [5.74, 6) is 1.27. The van der Waals surface area contributed by atoms with Crippen LogP contribution in [0.1, 0.15) is 11.5 Å². The Morgan fingerprint density at radius 3 is 3.00 bits per heavy atom. The molecule has 0 spiro atoms. The molecule has 3 aromatic rings. The average Bonchev–Trinajstić information content (AvgIpc) is 3.10. The highest BCUT2D eigenvalue weighted by Crippen LogP contribution is 2.19. The molecule has 0 fully saturated rings. The molecule has 7 heteroatoms. The van der Waals surface area contributed by atoms with Gasteiger partial charge in [-0.2, -0.15) is 21.4 Å². The predicted molar refractivity (Wildman–Crippen MR) is 76.0 cm³/mol. The minimum absolute atomic E-state index is 0.617. The molecule has 3 aromatic heterocycles. The molecule has 3 heterocycles. The molecule has 0 saturated carbocycles. The Labute approximate surface area is 120 Å². The summed E-state index contributed by atoms with van der Waals surface area (Å²) in [6.07, 6.45) is 3.86. The van der Waals surface area contributed by atoms with Gasteiger partial charge in [0.15, 0.2) is 0 Å². The molecular formula is C13H15N5OS. The SMILES string of the molecule is CN(Cc1cnn(C)c1)Cc1nc(-c2ccsc2)no1. The molecule has 0 radical (unpaired) electrons. The van der Waals surface area contributed by atoms with Gasteiger partial charge in [0, 0.05) is 36.3 Å². The lowest BCUT2D eigenvalue weighted by molar-refractivity contribution is 0.261. The Morgan fingerprint density at radius 2 is 2.30 bits per heavy atom. The second-order valence-corrected chi connectivity index (χ2v) is 5.50. The van der Waals surface area contributed by atoms with Gasteiger partial charge < -0.3 is 4.52 Å².